The van der Waals surface area contributed by atoms with Crippen LogP contribution in [-0.4, -0.2) is 30.3 Å². The van der Waals surface area contributed by atoms with Crippen molar-refractivity contribution in [2.24, 2.45) is 0 Å². The molecule has 1 atom stereocenters. The Labute approximate surface area is 188 Å². The zero-order valence-corrected chi connectivity index (χ0v) is 18.5. The topological polar surface area (TPSA) is 65.5 Å². The summed E-state index contributed by atoms with van der Waals surface area (Å²) in [6.07, 6.45) is 4.49. The second-order valence-electron chi connectivity index (χ2n) is 6.95. The van der Waals surface area contributed by atoms with Gasteiger partial charge in [0.2, 0.25) is 0 Å². The summed E-state index contributed by atoms with van der Waals surface area (Å²) >= 11 is 3.19. The SMILES string of the molecule is COc1cccnc1C(NSc1ccc2c(c1)OCCCO2)c1cc2cccnc2s1. The number of pyridine rings is 2. The highest BCUT2D eigenvalue weighted by Gasteiger charge is 2.23. The highest BCUT2D eigenvalue weighted by atomic mass is 32.2. The number of hydrogen-bond donors (Lipinski definition) is 1. The third-order valence-electron chi connectivity index (χ3n) is 4.90. The molecule has 4 heterocycles. The van der Waals surface area contributed by atoms with Gasteiger partial charge in [-0.1, -0.05) is 6.07 Å². The van der Waals surface area contributed by atoms with Crippen LogP contribution in [0.2, 0.25) is 0 Å². The van der Waals surface area contributed by atoms with Crippen LogP contribution in [0.4, 0.5) is 0 Å². The Balaban J connectivity index is 1.47. The predicted octanol–water partition coefficient (Wildman–Crippen LogP) is 5.25. The van der Waals surface area contributed by atoms with Crippen LogP contribution in [0, 0.1) is 0 Å². The molecule has 1 aliphatic rings. The highest BCUT2D eigenvalue weighted by Crippen LogP contribution is 2.38. The molecule has 0 saturated carbocycles. The summed E-state index contributed by atoms with van der Waals surface area (Å²) in [4.78, 5) is 12.3. The fraction of sp³-hybridized carbons (Fsp3) is 0.217. The van der Waals surface area contributed by atoms with E-state index in [2.05, 4.69) is 26.8 Å². The summed E-state index contributed by atoms with van der Waals surface area (Å²) in [7, 11) is 1.67. The molecule has 4 aromatic rings. The van der Waals surface area contributed by atoms with E-state index < -0.39 is 0 Å². The number of nitrogens with one attached hydrogen (secondary N) is 1. The van der Waals surface area contributed by atoms with Gasteiger partial charge in [-0.2, -0.15) is 0 Å². The van der Waals surface area contributed by atoms with E-state index in [0.717, 1.165) is 49.4 Å². The van der Waals surface area contributed by atoms with Gasteiger partial charge in [0, 0.05) is 34.0 Å². The van der Waals surface area contributed by atoms with Gasteiger partial charge in [0.25, 0.3) is 0 Å². The Morgan fingerprint density at radius 1 is 1.03 bits per heavy atom. The summed E-state index contributed by atoms with van der Waals surface area (Å²) in [5, 5.41) is 1.12. The molecule has 0 fully saturated rings. The van der Waals surface area contributed by atoms with Gasteiger partial charge >= 0.3 is 0 Å². The number of rotatable bonds is 6. The van der Waals surface area contributed by atoms with Gasteiger partial charge in [0.15, 0.2) is 11.5 Å². The molecule has 0 aliphatic carbocycles. The minimum absolute atomic E-state index is 0.170. The van der Waals surface area contributed by atoms with E-state index in [0.29, 0.717) is 13.2 Å². The first kappa shape index (κ1) is 20.1. The Morgan fingerprint density at radius 3 is 2.74 bits per heavy atom. The van der Waals surface area contributed by atoms with Crippen molar-refractivity contribution in [1.29, 1.82) is 0 Å². The molecule has 158 valence electrons. The number of benzene rings is 1. The fourth-order valence-corrected chi connectivity index (χ4v) is 5.33. The van der Waals surface area contributed by atoms with Crippen molar-refractivity contribution in [1.82, 2.24) is 14.7 Å². The molecule has 1 unspecified atom stereocenters. The quantitative estimate of drug-likeness (QED) is 0.402. The van der Waals surface area contributed by atoms with Crippen molar-refractivity contribution in [2.45, 2.75) is 17.4 Å². The average Bonchev–Trinajstić information content (AvgIpc) is 3.10. The number of hydrogen-bond acceptors (Lipinski definition) is 8. The zero-order valence-electron chi connectivity index (χ0n) is 16.9. The van der Waals surface area contributed by atoms with Crippen LogP contribution < -0.4 is 18.9 Å². The van der Waals surface area contributed by atoms with Crippen LogP contribution in [0.25, 0.3) is 10.2 Å². The smallest absolute Gasteiger partial charge is 0.162 e. The summed E-state index contributed by atoms with van der Waals surface area (Å²) in [6, 6.07) is 15.8. The van der Waals surface area contributed by atoms with Crippen LogP contribution in [-0.2, 0) is 0 Å². The van der Waals surface area contributed by atoms with Gasteiger partial charge in [0.05, 0.1) is 26.4 Å². The van der Waals surface area contributed by atoms with Crippen molar-refractivity contribution in [3.05, 3.63) is 71.5 Å². The first-order chi connectivity index (χ1) is 15.3. The molecule has 31 heavy (non-hydrogen) atoms. The summed E-state index contributed by atoms with van der Waals surface area (Å²) in [6.45, 7) is 1.34. The number of fused-ring (bicyclic) bond motifs is 2. The van der Waals surface area contributed by atoms with Crippen LogP contribution in [0.1, 0.15) is 23.0 Å². The van der Waals surface area contributed by atoms with E-state index in [1.165, 1.54) is 11.9 Å². The first-order valence-electron chi connectivity index (χ1n) is 9.97. The van der Waals surface area contributed by atoms with E-state index in [1.807, 2.05) is 42.6 Å². The summed E-state index contributed by atoms with van der Waals surface area (Å²) in [5.74, 6) is 2.31. The van der Waals surface area contributed by atoms with Crippen molar-refractivity contribution >= 4 is 33.5 Å². The molecular weight excluding hydrogens is 430 g/mol. The number of aromatic nitrogens is 2. The minimum atomic E-state index is -0.170. The second kappa shape index (κ2) is 9.13. The van der Waals surface area contributed by atoms with Crippen molar-refractivity contribution < 1.29 is 14.2 Å². The van der Waals surface area contributed by atoms with Gasteiger partial charge in [-0.3, -0.25) is 4.98 Å². The molecule has 1 aromatic carbocycles. The molecule has 1 N–H and O–H groups in total. The minimum Gasteiger partial charge on any atom is -0.495 e. The number of nitrogens with zero attached hydrogens (tertiary/aromatic N) is 2. The molecule has 1 aliphatic heterocycles. The van der Waals surface area contributed by atoms with Crippen LogP contribution >= 0.6 is 23.3 Å². The van der Waals surface area contributed by atoms with Gasteiger partial charge in [-0.15, -0.1) is 11.3 Å². The molecule has 0 bridgehead atoms. The Hall–Kier alpha value is -2.81. The molecule has 0 radical (unpaired) electrons. The Bertz CT molecular complexity index is 1160. The van der Waals surface area contributed by atoms with E-state index in [4.69, 9.17) is 14.2 Å². The maximum atomic E-state index is 5.84. The second-order valence-corrected chi connectivity index (χ2v) is 8.92. The van der Waals surface area contributed by atoms with E-state index in [-0.39, 0.29) is 6.04 Å². The Kier molecular flexibility index (Phi) is 5.93. The summed E-state index contributed by atoms with van der Waals surface area (Å²) < 4.78 is 20.8. The lowest BCUT2D eigenvalue weighted by molar-refractivity contribution is 0.297. The average molecular weight is 452 g/mol. The lowest BCUT2D eigenvalue weighted by Crippen LogP contribution is -2.17. The number of methoxy groups -OCH3 is 1. The van der Waals surface area contributed by atoms with E-state index in [9.17, 15) is 0 Å². The normalized spacial score (nSPS) is 14.2. The largest absolute Gasteiger partial charge is 0.495 e. The molecular formula is C23H21N3O3S2. The molecule has 5 rings (SSSR count). The molecule has 6 nitrogen and oxygen atoms in total. The molecule has 0 spiro atoms. The maximum Gasteiger partial charge on any atom is 0.162 e. The van der Waals surface area contributed by atoms with Crippen molar-refractivity contribution in [2.75, 3.05) is 20.3 Å². The summed E-state index contributed by atoms with van der Waals surface area (Å²) in [5.41, 5.74) is 0.832. The van der Waals surface area contributed by atoms with Gasteiger partial charge < -0.3 is 14.2 Å². The molecule has 0 saturated heterocycles. The third-order valence-corrected chi connectivity index (χ3v) is 6.87. The van der Waals surface area contributed by atoms with Gasteiger partial charge in [0.1, 0.15) is 16.3 Å². The van der Waals surface area contributed by atoms with Gasteiger partial charge in [-0.05, 0) is 54.4 Å². The third kappa shape index (κ3) is 4.32. The van der Waals surface area contributed by atoms with Crippen molar-refractivity contribution in [3.8, 4) is 17.2 Å². The molecule has 0 amide bonds. The van der Waals surface area contributed by atoms with Crippen molar-refractivity contribution in [3.63, 3.8) is 0 Å². The fourth-order valence-electron chi connectivity index (χ4n) is 3.41. The Morgan fingerprint density at radius 2 is 1.87 bits per heavy atom. The standard InChI is InChI=1S/C23H21N3O3S2/c1-27-18-6-3-9-24-21(18)22(20-13-15-5-2-10-25-23(15)30-20)26-31-16-7-8-17-19(14-16)29-12-4-11-28-17/h2-3,5-10,13-14,22,26H,4,11-12H2,1H3. The monoisotopic (exact) mass is 451 g/mol. The maximum absolute atomic E-state index is 5.84. The molecule has 8 heteroatoms. The van der Waals surface area contributed by atoms with Gasteiger partial charge in [-0.25, -0.2) is 9.71 Å². The van der Waals surface area contributed by atoms with Crippen LogP contribution in [0.5, 0.6) is 17.2 Å². The lowest BCUT2D eigenvalue weighted by atomic mass is 10.1. The molecule has 3 aromatic heterocycles. The van der Waals surface area contributed by atoms with E-state index in [1.54, 1.807) is 24.6 Å². The zero-order chi connectivity index (χ0) is 21.0. The highest BCUT2D eigenvalue weighted by molar-refractivity contribution is 7.97. The predicted molar refractivity (Wildman–Crippen MR) is 123 cm³/mol. The number of thiophene rings is 1. The van der Waals surface area contributed by atoms with E-state index >= 15 is 0 Å². The van der Waals surface area contributed by atoms with Crippen LogP contribution in [0.15, 0.2) is 65.8 Å². The van der Waals surface area contributed by atoms with Crippen LogP contribution in [0.3, 0.4) is 0 Å². The lowest BCUT2D eigenvalue weighted by Gasteiger charge is -2.19. The number of ether oxygens (including phenoxy) is 3. The first-order valence-corrected chi connectivity index (χ1v) is 11.6.